The van der Waals surface area contributed by atoms with E-state index >= 15 is 0 Å². The third kappa shape index (κ3) is 5.55. The number of hydrogen-bond donors (Lipinski definition) is 1. The summed E-state index contributed by atoms with van der Waals surface area (Å²) in [6.45, 7) is 10.4. The van der Waals surface area contributed by atoms with Crippen LogP contribution in [0, 0.1) is 5.92 Å². The highest BCUT2D eigenvalue weighted by Gasteiger charge is 2.22. The molecule has 7 heteroatoms. The minimum Gasteiger partial charge on any atom is -0.484 e. The van der Waals surface area contributed by atoms with Crippen LogP contribution in [0.3, 0.4) is 0 Å². The molecule has 0 aliphatic carbocycles. The lowest BCUT2D eigenvalue weighted by atomic mass is 10.1. The van der Waals surface area contributed by atoms with Gasteiger partial charge >= 0.3 is 0 Å². The molecule has 0 saturated carbocycles. The van der Waals surface area contributed by atoms with Gasteiger partial charge in [-0.2, -0.15) is 0 Å². The van der Waals surface area contributed by atoms with Crippen molar-refractivity contribution in [2.45, 2.75) is 46.2 Å². The van der Waals surface area contributed by atoms with Gasteiger partial charge in [-0.05, 0) is 37.9 Å². The monoisotopic (exact) mass is 385 g/mol. The molecule has 1 aliphatic heterocycles. The van der Waals surface area contributed by atoms with Gasteiger partial charge in [-0.15, -0.1) is 10.2 Å². The van der Waals surface area contributed by atoms with Crippen LogP contribution >= 0.6 is 0 Å². The Morgan fingerprint density at radius 1 is 1.14 bits per heavy atom. The molecule has 2 aromatic rings. The molecule has 7 nitrogen and oxygen atoms in total. The highest BCUT2D eigenvalue weighted by molar-refractivity contribution is 5.77. The van der Waals surface area contributed by atoms with Crippen LogP contribution in [0.25, 0.3) is 0 Å². The van der Waals surface area contributed by atoms with Crippen LogP contribution in [-0.4, -0.2) is 51.8 Å². The molecule has 0 unspecified atom stereocenters. The summed E-state index contributed by atoms with van der Waals surface area (Å²) in [6, 6.07) is 9.13. The third-order valence-electron chi connectivity index (χ3n) is 5.05. The molecule has 28 heavy (non-hydrogen) atoms. The van der Waals surface area contributed by atoms with Gasteiger partial charge in [-0.1, -0.05) is 32.0 Å². The largest absolute Gasteiger partial charge is 0.484 e. The van der Waals surface area contributed by atoms with Crippen LogP contribution in [-0.2, 0) is 17.8 Å². The summed E-state index contributed by atoms with van der Waals surface area (Å²) in [5.74, 6) is 3.05. The SMILES string of the molecule is CC(C)CCN1CCc2nnc([C@H](C)NC(=O)COc3ccccc3)n2CC1. The fourth-order valence-corrected chi connectivity index (χ4v) is 3.39. The summed E-state index contributed by atoms with van der Waals surface area (Å²) in [5, 5.41) is 11.7. The van der Waals surface area contributed by atoms with Crippen molar-refractivity contribution in [3.05, 3.63) is 42.0 Å². The lowest BCUT2D eigenvalue weighted by Gasteiger charge is -2.21. The number of ether oxygens (including phenoxy) is 1. The van der Waals surface area contributed by atoms with E-state index in [0.717, 1.165) is 44.2 Å². The molecular formula is C21H31N5O2. The number of nitrogens with zero attached hydrogens (tertiary/aromatic N) is 4. The third-order valence-corrected chi connectivity index (χ3v) is 5.05. The molecule has 1 aliphatic rings. The molecule has 3 rings (SSSR count). The second-order valence-corrected chi connectivity index (χ2v) is 7.79. The lowest BCUT2D eigenvalue weighted by molar-refractivity contribution is -0.123. The maximum absolute atomic E-state index is 12.3. The van der Waals surface area contributed by atoms with E-state index in [2.05, 4.69) is 38.8 Å². The van der Waals surface area contributed by atoms with Crippen LogP contribution in [0.4, 0.5) is 0 Å². The fourth-order valence-electron chi connectivity index (χ4n) is 3.39. The molecule has 1 amide bonds. The zero-order valence-electron chi connectivity index (χ0n) is 17.1. The zero-order chi connectivity index (χ0) is 19.9. The predicted octanol–water partition coefficient (Wildman–Crippen LogP) is 2.44. The van der Waals surface area contributed by atoms with Crippen LogP contribution in [0.5, 0.6) is 5.75 Å². The second-order valence-electron chi connectivity index (χ2n) is 7.79. The van der Waals surface area contributed by atoms with E-state index in [9.17, 15) is 4.79 Å². The van der Waals surface area contributed by atoms with Crippen molar-refractivity contribution in [1.29, 1.82) is 0 Å². The van der Waals surface area contributed by atoms with Crippen molar-refractivity contribution in [3.63, 3.8) is 0 Å². The average molecular weight is 386 g/mol. The highest BCUT2D eigenvalue weighted by atomic mass is 16.5. The number of aromatic nitrogens is 3. The molecule has 0 saturated heterocycles. The van der Waals surface area contributed by atoms with Gasteiger partial charge in [0.2, 0.25) is 0 Å². The van der Waals surface area contributed by atoms with Crippen LogP contribution in [0.1, 0.15) is 44.9 Å². The van der Waals surface area contributed by atoms with Gasteiger partial charge in [0.1, 0.15) is 11.6 Å². The molecule has 2 heterocycles. The Bertz CT molecular complexity index is 759. The number of carbonyl (C=O) groups excluding carboxylic acids is 1. The van der Waals surface area contributed by atoms with E-state index in [1.165, 1.54) is 6.42 Å². The number of rotatable bonds is 8. The number of carbonyl (C=O) groups is 1. The summed E-state index contributed by atoms with van der Waals surface area (Å²) in [5.41, 5.74) is 0. The molecule has 152 valence electrons. The molecule has 0 fully saturated rings. The smallest absolute Gasteiger partial charge is 0.258 e. The predicted molar refractivity (Wildman–Crippen MR) is 108 cm³/mol. The first-order valence-corrected chi connectivity index (χ1v) is 10.1. The number of nitrogens with one attached hydrogen (secondary N) is 1. The number of para-hydroxylation sites is 1. The van der Waals surface area contributed by atoms with Gasteiger partial charge in [0.25, 0.3) is 5.91 Å². The van der Waals surface area contributed by atoms with E-state index in [-0.39, 0.29) is 18.6 Å². The van der Waals surface area contributed by atoms with Crippen LogP contribution in [0.15, 0.2) is 30.3 Å². The molecule has 1 N–H and O–H groups in total. The Hall–Kier alpha value is -2.41. The Morgan fingerprint density at radius 2 is 1.93 bits per heavy atom. The fraction of sp³-hybridized carbons (Fsp3) is 0.571. The van der Waals surface area contributed by atoms with Crippen molar-refractivity contribution in [1.82, 2.24) is 25.0 Å². The Morgan fingerprint density at radius 3 is 2.68 bits per heavy atom. The normalized spacial score (nSPS) is 15.7. The van der Waals surface area contributed by atoms with Crippen LogP contribution < -0.4 is 10.1 Å². The zero-order valence-corrected chi connectivity index (χ0v) is 17.1. The van der Waals surface area contributed by atoms with E-state index in [4.69, 9.17) is 4.74 Å². The van der Waals surface area contributed by atoms with Gasteiger partial charge in [0.05, 0.1) is 6.04 Å². The van der Waals surface area contributed by atoms with Gasteiger partial charge in [-0.25, -0.2) is 0 Å². The van der Waals surface area contributed by atoms with Gasteiger partial charge in [0, 0.05) is 26.1 Å². The Balaban J connectivity index is 1.53. The molecule has 1 aromatic heterocycles. The van der Waals surface area contributed by atoms with Crippen molar-refractivity contribution in [2.75, 3.05) is 26.2 Å². The molecule has 1 atom stereocenters. The van der Waals surface area contributed by atoms with E-state index in [1.807, 2.05) is 37.3 Å². The van der Waals surface area contributed by atoms with Crippen molar-refractivity contribution < 1.29 is 9.53 Å². The average Bonchev–Trinajstić information content (AvgIpc) is 2.99. The minimum absolute atomic E-state index is 0.0155. The van der Waals surface area contributed by atoms with Crippen molar-refractivity contribution >= 4 is 5.91 Å². The summed E-state index contributed by atoms with van der Waals surface area (Å²) < 4.78 is 7.68. The first-order chi connectivity index (χ1) is 13.5. The van der Waals surface area contributed by atoms with Crippen LogP contribution in [0.2, 0.25) is 0 Å². The maximum atomic E-state index is 12.3. The molecule has 0 spiro atoms. The molecule has 0 bridgehead atoms. The second kappa shape index (κ2) is 9.68. The Labute approximate surface area is 167 Å². The summed E-state index contributed by atoms with van der Waals surface area (Å²) in [4.78, 5) is 14.8. The van der Waals surface area contributed by atoms with E-state index in [1.54, 1.807) is 0 Å². The Kier molecular flexibility index (Phi) is 7.03. The standard InChI is InChI=1S/C21H31N5O2/c1-16(2)9-11-25-12-10-19-23-24-21(26(19)14-13-25)17(3)22-20(27)15-28-18-7-5-4-6-8-18/h4-8,16-17H,9-15H2,1-3H3,(H,22,27)/t17-/m0/s1. The number of hydrogen-bond acceptors (Lipinski definition) is 5. The van der Waals surface area contributed by atoms with E-state index < -0.39 is 0 Å². The first-order valence-electron chi connectivity index (χ1n) is 10.1. The van der Waals surface area contributed by atoms with Gasteiger partial charge in [0.15, 0.2) is 12.4 Å². The first kappa shape index (κ1) is 20.3. The van der Waals surface area contributed by atoms with Gasteiger partial charge < -0.3 is 19.5 Å². The quantitative estimate of drug-likeness (QED) is 0.756. The number of benzene rings is 1. The molecule has 1 aromatic carbocycles. The topological polar surface area (TPSA) is 72.3 Å². The number of fused-ring (bicyclic) bond motifs is 1. The van der Waals surface area contributed by atoms with Gasteiger partial charge in [-0.3, -0.25) is 4.79 Å². The maximum Gasteiger partial charge on any atom is 0.258 e. The molecular weight excluding hydrogens is 354 g/mol. The number of amides is 1. The highest BCUT2D eigenvalue weighted by Crippen LogP contribution is 2.16. The van der Waals surface area contributed by atoms with Crippen molar-refractivity contribution in [2.24, 2.45) is 5.92 Å². The lowest BCUT2D eigenvalue weighted by Crippen LogP contribution is -2.33. The molecule has 0 radical (unpaired) electrons. The van der Waals surface area contributed by atoms with E-state index in [0.29, 0.717) is 11.7 Å². The summed E-state index contributed by atoms with van der Waals surface area (Å²) in [6.07, 6.45) is 2.10. The summed E-state index contributed by atoms with van der Waals surface area (Å²) >= 11 is 0. The summed E-state index contributed by atoms with van der Waals surface area (Å²) in [7, 11) is 0. The van der Waals surface area contributed by atoms with Crippen molar-refractivity contribution in [3.8, 4) is 5.75 Å². The minimum atomic E-state index is -0.213.